The van der Waals surface area contributed by atoms with Crippen molar-refractivity contribution >= 4 is 6.09 Å². The van der Waals surface area contributed by atoms with Crippen LogP contribution in [0.15, 0.2) is 0 Å². The molecule has 1 unspecified atom stereocenters. The largest absolute Gasteiger partial charge is 0.449 e. The van der Waals surface area contributed by atoms with Gasteiger partial charge in [-0.1, -0.05) is 27.7 Å². The molecule has 1 heterocycles. The summed E-state index contributed by atoms with van der Waals surface area (Å²) in [4.78, 5) is 13.8. The molecular weight excluding hydrogens is 204 g/mol. The number of carbonyl (C=O) groups excluding carboxylic acids is 1. The Bertz CT molecular complexity index is 236. The van der Waals surface area contributed by atoms with Crippen molar-refractivity contribution in [2.45, 2.75) is 40.2 Å². The van der Waals surface area contributed by atoms with E-state index in [0.717, 1.165) is 26.1 Å². The van der Waals surface area contributed by atoms with Gasteiger partial charge in [0, 0.05) is 19.6 Å². The molecule has 16 heavy (non-hydrogen) atoms. The van der Waals surface area contributed by atoms with E-state index in [1.54, 1.807) is 0 Å². The van der Waals surface area contributed by atoms with Crippen molar-refractivity contribution in [2.75, 3.05) is 26.2 Å². The SMILES string of the molecule is CCCOC(=O)N1CCNCC1C(C)(C)C. The Morgan fingerprint density at radius 1 is 1.50 bits per heavy atom. The fraction of sp³-hybridized carbons (Fsp3) is 0.917. The standard InChI is InChI=1S/C12H24N2O2/c1-5-8-16-11(15)14-7-6-13-9-10(14)12(2,3)4/h10,13H,5-9H2,1-4H3. The Balaban J connectivity index is 2.63. The van der Waals surface area contributed by atoms with E-state index in [2.05, 4.69) is 26.1 Å². The summed E-state index contributed by atoms with van der Waals surface area (Å²) in [6.07, 6.45) is 0.709. The predicted octanol–water partition coefficient (Wildman–Crippen LogP) is 1.85. The first-order valence-electron chi connectivity index (χ1n) is 6.11. The van der Waals surface area contributed by atoms with Gasteiger partial charge in [-0.15, -0.1) is 0 Å². The van der Waals surface area contributed by atoms with Crippen molar-refractivity contribution in [1.29, 1.82) is 0 Å². The number of piperazine rings is 1. The van der Waals surface area contributed by atoms with Crippen LogP contribution in [0.5, 0.6) is 0 Å². The lowest BCUT2D eigenvalue weighted by Crippen LogP contribution is -2.58. The van der Waals surface area contributed by atoms with E-state index >= 15 is 0 Å². The fourth-order valence-electron chi connectivity index (χ4n) is 1.97. The van der Waals surface area contributed by atoms with Gasteiger partial charge in [0.1, 0.15) is 0 Å². The minimum Gasteiger partial charge on any atom is -0.449 e. The third kappa shape index (κ3) is 3.37. The number of nitrogens with one attached hydrogen (secondary N) is 1. The number of rotatable bonds is 2. The molecule has 0 aromatic rings. The van der Waals surface area contributed by atoms with Crippen molar-refractivity contribution < 1.29 is 9.53 Å². The zero-order valence-electron chi connectivity index (χ0n) is 10.9. The fourth-order valence-corrected chi connectivity index (χ4v) is 1.97. The van der Waals surface area contributed by atoms with Gasteiger partial charge >= 0.3 is 6.09 Å². The first-order chi connectivity index (χ1) is 7.46. The topological polar surface area (TPSA) is 41.6 Å². The molecule has 0 spiro atoms. The Kier molecular flexibility index (Phi) is 4.59. The van der Waals surface area contributed by atoms with E-state index in [1.807, 2.05) is 11.8 Å². The summed E-state index contributed by atoms with van der Waals surface area (Å²) in [5.74, 6) is 0. The van der Waals surface area contributed by atoms with Gasteiger partial charge < -0.3 is 15.0 Å². The van der Waals surface area contributed by atoms with Gasteiger partial charge in [0.05, 0.1) is 12.6 Å². The molecule has 0 aromatic heterocycles. The molecule has 0 aliphatic carbocycles. The molecule has 1 rings (SSSR count). The van der Waals surface area contributed by atoms with Gasteiger partial charge in [0.15, 0.2) is 0 Å². The number of carbonyl (C=O) groups is 1. The molecule has 1 atom stereocenters. The van der Waals surface area contributed by atoms with Crippen LogP contribution in [0.4, 0.5) is 4.79 Å². The van der Waals surface area contributed by atoms with Crippen LogP contribution in [0.3, 0.4) is 0 Å². The van der Waals surface area contributed by atoms with Gasteiger partial charge in [-0.2, -0.15) is 0 Å². The first-order valence-corrected chi connectivity index (χ1v) is 6.11. The maximum atomic E-state index is 11.9. The maximum absolute atomic E-state index is 11.9. The summed E-state index contributed by atoms with van der Waals surface area (Å²) >= 11 is 0. The van der Waals surface area contributed by atoms with Crippen molar-refractivity contribution in [3.63, 3.8) is 0 Å². The summed E-state index contributed by atoms with van der Waals surface area (Å²) < 4.78 is 5.22. The van der Waals surface area contributed by atoms with Gasteiger partial charge in [-0.25, -0.2) is 4.79 Å². The molecule has 0 radical (unpaired) electrons. The summed E-state index contributed by atoms with van der Waals surface area (Å²) in [5.41, 5.74) is 0.0820. The van der Waals surface area contributed by atoms with Crippen LogP contribution >= 0.6 is 0 Å². The van der Waals surface area contributed by atoms with Crippen LogP contribution in [-0.2, 0) is 4.74 Å². The van der Waals surface area contributed by atoms with Crippen LogP contribution < -0.4 is 5.32 Å². The molecule has 0 saturated carbocycles. The smallest absolute Gasteiger partial charge is 0.410 e. The minimum absolute atomic E-state index is 0.0820. The predicted molar refractivity (Wildman–Crippen MR) is 64.5 cm³/mol. The molecule has 1 saturated heterocycles. The molecule has 1 aliphatic heterocycles. The van der Waals surface area contributed by atoms with Crippen molar-refractivity contribution in [3.05, 3.63) is 0 Å². The lowest BCUT2D eigenvalue weighted by atomic mass is 9.85. The molecule has 1 aliphatic rings. The monoisotopic (exact) mass is 228 g/mol. The number of nitrogens with zero attached hydrogens (tertiary/aromatic N) is 1. The van der Waals surface area contributed by atoms with Crippen molar-refractivity contribution in [3.8, 4) is 0 Å². The minimum atomic E-state index is -0.164. The molecule has 1 N–H and O–H groups in total. The zero-order chi connectivity index (χ0) is 12.2. The molecule has 1 amide bonds. The molecule has 4 heteroatoms. The molecule has 0 aromatic carbocycles. The second-order valence-corrected chi connectivity index (χ2v) is 5.39. The lowest BCUT2D eigenvalue weighted by molar-refractivity contribution is 0.0450. The Hall–Kier alpha value is -0.770. The maximum Gasteiger partial charge on any atom is 0.410 e. The third-order valence-electron chi connectivity index (χ3n) is 2.91. The summed E-state index contributed by atoms with van der Waals surface area (Å²) in [6.45, 7) is 11.4. The summed E-state index contributed by atoms with van der Waals surface area (Å²) in [6, 6.07) is 0.214. The van der Waals surface area contributed by atoms with E-state index in [9.17, 15) is 4.79 Å². The van der Waals surface area contributed by atoms with Gasteiger partial charge in [0.25, 0.3) is 0 Å². The second-order valence-electron chi connectivity index (χ2n) is 5.39. The molecule has 94 valence electrons. The average molecular weight is 228 g/mol. The highest BCUT2D eigenvalue weighted by atomic mass is 16.6. The third-order valence-corrected chi connectivity index (χ3v) is 2.91. The average Bonchev–Trinajstić information content (AvgIpc) is 2.24. The summed E-state index contributed by atoms with van der Waals surface area (Å²) in [7, 11) is 0. The lowest BCUT2D eigenvalue weighted by Gasteiger charge is -2.42. The molecule has 4 nitrogen and oxygen atoms in total. The number of ether oxygens (including phenoxy) is 1. The van der Waals surface area contributed by atoms with Crippen LogP contribution in [0.1, 0.15) is 34.1 Å². The van der Waals surface area contributed by atoms with E-state index in [0.29, 0.717) is 6.61 Å². The second kappa shape index (κ2) is 5.53. The van der Waals surface area contributed by atoms with Crippen LogP contribution in [0.2, 0.25) is 0 Å². The van der Waals surface area contributed by atoms with Crippen LogP contribution in [0.25, 0.3) is 0 Å². The van der Waals surface area contributed by atoms with E-state index in [4.69, 9.17) is 4.74 Å². The van der Waals surface area contributed by atoms with E-state index < -0.39 is 0 Å². The Morgan fingerprint density at radius 3 is 2.75 bits per heavy atom. The Morgan fingerprint density at radius 2 is 2.19 bits per heavy atom. The zero-order valence-corrected chi connectivity index (χ0v) is 10.9. The van der Waals surface area contributed by atoms with Crippen molar-refractivity contribution in [2.24, 2.45) is 5.41 Å². The van der Waals surface area contributed by atoms with Gasteiger partial charge in [-0.05, 0) is 11.8 Å². The normalized spacial score (nSPS) is 22.0. The van der Waals surface area contributed by atoms with E-state index in [-0.39, 0.29) is 17.6 Å². The van der Waals surface area contributed by atoms with Crippen molar-refractivity contribution in [1.82, 2.24) is 10.2 Å². The highest BCUT2D eigenvalue weighted by Gasteiger charge is 2.35. The quantitative estimate of drug-likeness (QED) is 0.784. The Labute approximate surface area is 98.3 Å². The number of hydrogen-bond donors (Lipinski definition) is 1. The highest BCUT2D eigenvalue weighted by molar-refractivity contribution is 5.68. The van der Waals surface area contributed by atoms with Crippen LogP contribution in [0, 0.1) is 5.41 Å². The number of amides is 1. The molecule has 1 fully saturated rings. The van der Waals surface area contributed by atoms with E-state index in [1.165, 1.54) is 0 Å². The molecular formula is C12H24N2O2. The number of hydrogen-bond acceptors (Lipinski definition) is 3. The van der Waals surface area contributed by atoms with Crippen LogP contribution in [-0.4, -0.2) is 43.3 Å². The van der Waals surface area contributed by atoms with Gasteiger partial charge in [0.2, 0.25) is 0 Å². The molecule has 0 bridgehead atoms. The highest BCUT2D eigenvalue weighted by Crippen LogP contribution is 2.25. The van der Waals surface area contributed by atoms with Gasteiger partial charge in [-0.3, -0.25) is 0 Å². The summed E-state index contributed by atoms with van der Waals surface area (Å²) in [5, 5.41) is 3.33. The first kappa shape index (κ1) is 13.3.